The molecule has 1 N–H and O–H groups in total. The zero-order chi connectivity index (χ0) is 22.8. The summed E-state index contributed by atoms with van der Waals surface area (Å²) in [4.78, 5) is 37.7. The lowest BCUT2D eigenvalue weighted by Crippen LogP contribution is -2.45. The summed E-state index contributed by atoms with van der Waals surface area (Å²) >= 11 is 5.87. The van der Waals surface area contributed by atoms with Gasteiger partial charge in [0.25, 0.3) is 5.91 Å². The van der Waals surface area contributed by atoms with Gasteiger partial charge in [0.05, 0.1) is 17.0 Å². The van der Waals surface area contributed by atoms with Gasteiger partial charge in [-0.1, -0.05) is 17.7 Å². The Morgan fingerprint density at radius 2 is 1.81 bits per heavy atom. The van der Waals surface area contributed by atoms with Crippen molar-refractivity contribution >= 4 is 50.7 Å². The minimum Gasteiger partial charge on any atom is -0.326 e. The molecule has 0 aromatic heterocycles. The molecule has 0 spiro atoms. The third-order valence-corrected chi connectivity index (χ3v) is 6.79. The summed E-state index contributed by atoms with van der Waals surface area (Å²) in [5.74, 6) is -1.45. The summed E-state index contributed by atoms with van der Waals surface area (Å²) in [6, 6.07) is 10.5. The third-order valence-electron chi connectivity index (χ3n) is 4.65. The number of nitrogens with zero attached hydrogens (tertiary/aromatic N) is 2. The smallest absolute Gasteiger partial charge is 0.252 e. The van der Waals surface area contributed by atoms with E-state index in [1.165, 1.54) is 49.4 Å². The molecule has 2 aromatic carbocycles. The Bertz CT molecular complexity index is 1130. The molecule has 1 heterocycles. The van der Waals surface area contributed by atoms with Crippen LogP contribution in [0.4, 0.5) is 11.4 Å². The Balaban J connectivity index is 1.93. The largest absolute Gasteiger partial charge is 0.326 e. The predicted molar refractivity (Wildman–Crippen MR) is 117 cm³/mol. The van der Waals surface area contributed by atoms with Crippen LogP contribution in [-0.2, 0) is 24.4 Å². The van der Waals surface area contributed by atoms with Crippen molar-refractivity contribution in [2.45, 2.75) is 24.3 Å². The first kappa shape index (κ1) is 22.7. The van der Waals surface area contributed by atoms with E-state index in [0.29, 0.717) is 16.4 Å². The first-order chi connectivity index (χ1) is 14.6. The first-order valence-electron chi connectivity index (χ1n) is 9.28. The minimum absolute atomic E-state index is 0.0753. The Hall–Kier alpha value is -3.01. The molecule has 0 bridgehead atoms. The van der Waals surface area contributed by atoms with E-state index < -0.39 is 27.9 Å². The van der Waals surface area contributed by atoms with E-state index in [2.05, 4.69) is 11.9 Å². The second kappa shape index (κ2) is 9.01. The summed E-state index contributed by atoms with van der Waals surface area (Å²) in [6.07, 6.45) is 1.06. The van der Waals surface area contributed by atoms with Crippen LogP contribution in [0.5, 0.6) is 0 Å². The van der Waals surface area contributed by atoms with Gasteiger partial charge in [0.2, 0.25) is 21.8 Å². The summed E-state index contributed by atoms with van der Waals surface area (Å²) < 4.78 is 27.5. The fraction of sp³-hybridized carbons (Fsp3) is 0.190. The number of hydrogen-bond donors (Lipinski definition) is 1. The van der Waals surface area contributed by atoms with Gasteiger partial charge in [0.1, 0.15) is 6.04 Å². The number of hydrogen-bond acceptors (Lipinski definition) is 5. The second-order valence-electron chi connectivity index (χ2n) is 6.83. The van der Waals surface area contributed by atoms with Crippen LogP contribution in [-0.4, -0.2) is 43.0 Å². The van der Waals surface area contributed by atoms with Crippen LogP contribution in [0.25, 0.3) is 0 Å². The van der Waals surface area contributed by atoms with Crippen molar-refractivity contribution in [2.75, 3.05) is 16.8 Å². The molecule has 31 heavy (non-hydrogen) atoms. The number of nitrogens with one attached hydrogen (secondary N) is 1. The molecule has 0 saturated carbocycles. The molecule has 1 unspecified atom stereocenters. The molecule has 3 amide bonds. The summed E-state index contributed by atoms with van der Waals surface area (Å²) in [6.45, 7) is 4.76. The summed E-state index contributed by atoms with van der Waals surface area (Å²) in [5.41, 5.74) is 0.750. The maximum Gasteiger partial charge on any atom is 0.252 e. The highest BCUT2D eigenvalue weighted by molar-refractivity contribution is 7.89. The number of halogens is 1. The second-order valence-corrected chi connectivity index (χ2v) is 9.16. The maximum atomic E-state index is 13.3. The first-order valence-corrected chi connectivity index (χ1v) is 11.1. The molecule has 1 atom stereocenters. The average Bonchev–Trinajstić information content (AvgIpc) is 3.00. The van der Waals surface area contributed by atoms with E-state index in [9.17, 15) is 22.8 Å². The van der Waals surface area contributed by atoms with E-state index in [-0.39, 0.29) is 23.8 Å². The molecule has 2 aromatic rings. The Kier molecular flexibility index (Phi) is 6.59. The van der Waals surface area contributed by atoms with E-state index in [1.54, 1.807) is 12.1 Å². The molecule has 1 aliphatic heterocycles. The molecule has 1 aliphatic rings. The highest BCUT2D eigenvalue weighted by Gasteiger charge is 2.46. The van der Waals surface area contributed by atoms with Crippen LogP contribution in [0, 0.1) is 0 Å². The van der Waals surface area contributed by atoms with Gasteiger partial charge in [0, 0.05) is 24.2 Å². The molecule has 0 radical (unpaired) electrons. The van der Waals surface area contributed by atoms with Crippen LogP contribution in [0.3, 0.4) is 0 Å². The van der Waals surface area contributed by atoms with Gasteiger partial charge < -0.3 is 5.32 Å². The Labute approximate surface area is 185 Å². The fourth-order valence-electron chi connectivity index (χ4n) is 3.27. The van der Waals surface area contributed by atoms with Crippen molar-refractivity contribution in [1.82, 2.24) is 4.31 Å². The molecule has 162 valence electrons. The van der Waals surface area contributed by atoms with E-state index in [1.807, 2.05) is 0 Å². The lowest BCUT2D eigenvalue weighted by atomic mass is 10.2. The van der Waals surface area contributed by atoms with Gasteiger partial charge in [0.15, 0.2) is 0 Å². The molecule has 8 nitrogen and oxygen atoms in total. The highest BCUT2D eigenvalue weighted by atomic mass is 35.5. The number of carbonyl (C=O) groups is 3. The topological polar surface area (TPSA) is 104 Å². The van der Waals surface area contributed by atoms with Gasteiger partial charge in [-0.3, -0.25) is 14.4 Å². The molecular weight excluding hydrogens is 442 g/mol. The average molecular weight is 462 g/mol. The van der Waals surface area contributed by atoms with Crippen molar-refractivity contribution in [3.05, 3.63) is 66.2 Å². The molecule has 1 saturated heterocycles. The van der Waals surface area contributed by atoms with E-state index >= 15 is 0 Å². The fourth-order valence-corrected chi connectivity index (χ4v) is 4.95. The van der Waals surface area contributed by atoms with E-state index in [4.69, 9.17) is 11.6 Å². The SMILES string of the molecule is C=CCN(C1CC(=O)N(c2ccc(Cl)cc2)C1=O)S(=O)(=O)c1ccc(NC(C)=O)cc1. The summed E-state index contributed by atoms with van der Waals surface area (Å²) in [7, 11) is -4.13. The lowest BCUT2D eigenvalue weighted by Gasteiger charge is -2.25. The predicted octanol–water partition coefficient (Wildman–Crippen LogP) is 2.81. The molecular formula is C21H20ClN3O5S. The summed E-state index contributed by atoms with van der Waals surface area (Å²) in [5, 5.41) is 3.00. The minimum atomic E-state index is -4.13. The van der Waals surface area contributed by atoms with Crippen molar-refractivity contribution in [2.24, 2.45) is 0 Å². The quantitative estimate of drug-likeness (QED) is 0.504. The normalized spacial score (nSPS) is 16.6. The maximum absolute atomic E-state index is 13.3. The number of rotatable bonds is 7. The number of sulfonamides is 1. The number of imide groups is 1. The number of carbonyl (C=O) groups excluding carboxylic acids is 3. The van der Waals surface area contributed by atoms with Gasteiger partial charge in [-0.25, -0.2) is 13.3 Å². The van der Waals surface area contributed by atoms with Crippen molar-refractivity contribution < 1.29 is 22.8 Å². The standard InChI is InChI=1S/C21H20ClN3O5S/c1-3-12-24(31(29,30)18-10-6-16(7-11-18)23-14(2)26)19-13-20(27)25(21(19)28)17-8-4-15(22)5-9-17/h3-11,19H,1,12-13H2,2H3,(H,23,26). The van der Waals surface area contributed by atoms with Crippen LogP contribution < -0.4 is 10.2 Å². The zero-order valence-corrected chi connectivity index (χ0v) is 18.2. The van der Waals surface area contributed by atoms with Crippen LogP contribution in [0.2, 0.25) is 5.02 Å². The number of anilines is 2. The van der Waals surface area contributed by atoms with Gasteiger partial charge >= 0.3 is 0 Å². The van der Waals surface area contributed by atoms with Crippen molar-refractivity contribution in [3.63, 3.8) is 0 Å². The van der Waals surface area contributed by atoms with Crippen molar-refractivity contribution in [3.8, 4) is 0 Å². The third kappa shape index (κ3) is 4.68. The van der Waals surface area contributed by atoms with Crippen LogP contribution >= 0.6 is 11.6 Å². The zero-order valence-electron chi connectivity index (χ0n) is 16.6. The molecule has 1 fully saturated rings. The van der Waals surface area contributed by atoms with Gasteiger partial charge in [-0.15, -0.1) is 6.58 Å². The van der Waals surface area contributed by atoms with Gasteiger partial charge in [-0.2, -0.15) is 4.31 Å². The van der Waals surface area contributed by atoms with Crippen LogP contribution in [0.15, 0.2) is 66.1 Å². The van der Waals surface area contributed by atoms with Crippen molar-refractivity contribution in [1.29, 1.82) is 0 Å². The number of benzene rings is 2. The van der Waals surface area contributed by atoms with Gasteiger partial charge in [-0.05, 0) is 48.5 Å². The van der Waals surface area contributed by atoms with E-state index in [0.717, 1.165) is 9.21 Å². The lowest BCUT2D eigenvalue weighted by molar-refractivity contribution is -0.122. The number of amides is 3. The monoisotopic (exact) mass is 461 g/mol. The molecule has 0 aliphatic carbocycles. The molecule has 10 heteroatoms. The Morgan fingerprint density at radius 1 is 1.19 bits per heavy atom. The highest BCUT2D eigenvalue weighted by Crippen LogP contribution is 2.30. The molecule has 3 rings (SSSR count). The Morgan fingerprint density at radius 3 is 2.35 bits per heavy atom. The van der Waals surface area contributed by atoms with Crippen LogP contribution in [0.1, 0.15) is 13.3 Å².